The summed E-state index contributed by atoms with van der Waals surface area (Å²) in [6.45, 7) is 0. The van der Waals surface area contributed by atoms with E-state index in [1.165, 1.54) is 0 Å². The van der Waals surface area contributed by atoms with Crippen LogP contribution in [-0.4, -0.2) is 28.2 Å². The minimum atomic E-state index is 0. The third-order valence-corrected chi connectivity index (χ3v) is 0. The van der Waals surface area contributed by atoms with Gasteiger partial charge in [0.25, 0.3) is 0 Å². The maximum Gasteiger partial charge on any atom is 0.0467 e. The Balaban J connectivity index is -0.0000000400. The molecule has 0 saturated heterocycles. The minimum absolute atomic E-state index is 0. The smallest absolute Gasteiger partial charge is 0.0467 e. The van der Waals surface area contributed by atoms with Gasteiger partial charge in [-0.15, -0.1) is 0 Å². The van der Waals surface area contributed by atoms with Crippen molar-refractivity contribution in [2.75, 3.05) is 28.2 Å². The molecule has 7 heavy (non-hydrogen) atoms. The van der Waals surface area contributed by atoms with Crippen LogP contribution in [0, 0.1) is 7.43 Å². The van der Waals surface area contributed by atoms with Crippen molar-refractivity contribution in [2.24, 2.45) is 0 Å². The Kier molecular flexibility index (Phi) is 93.9. The molecule has 0 bridgehead atoms. The Morgan fingerprint density at radius 3 is 0.714 bits per heavy atom. The van der Waals surface area contributed by atoms with Crippen LogP contribution in [0.15, 0.2) is 0 Å². The summed E-state index contributed by atoms with van der Waals surface area (Å²) in [5.41, 5.74) is 0. The molecule has 0 aromatic carbocycles. The number of rotatable bonds is 0. The third kappa shape index (κ3) is 1890. The lowest BCUT2D eigenvalue weighted by Crippen LogP contribution is -1.89. The van der Waals surface area contributed by atoms with E-state index in [1.807, 2.05) is 28.2 Å². The van der Waals surface area contributed by atoms with Crippen LogP contribution in [-0.2, 0) is 0 Å². The summed E-state index contributed by atoms with van der Waals surface area (Å²) >= 11 is 0. The molecule has 0 aliphatic carbocycles. The van der Waals surface area contributed by atoms with Gasteiger partial charge >= 0.3 is 0 Å². The zero-order valence-corrected chi connectivity index (χ0v) is 6.00. The van der Waals surface area contributed by atoms with Crippen molar-refractivity contribution in [3.05, 3.63) is 7.43 Å². The minimum Gasteiger partial charge on any atom is -0.323 e. The first-order chi connectivity index (χ1) is 2.83. The van der Waals surface area contributed by atoms with Crippen LogP contribution in [0.2, 0.25) is 0 Å². The van der Waals surface area contributed by atoms with E-state index in [0.717, 1.165) is 0 Å². The quantitative estimate of drug-likeness (QED) is 0.428. The van der Waals surface area contributed by atoms with Gasteiger partial charge in [0.1, 0.15) is 0 Å². The van der Waals surface area contributed by atoms with Crippen molar-refractivity contribution in [3.8, 4) is 0 Å². The van der Waals surface area contributed by atoms with E-state index in [9.17, 15) is 0 Å². The fourth-order valence-electron chi connectivity index (χ4n) is 0. The van der Waals surface area contributed by atoms with Crippen molar-refractivity contribution in [2.45, 2.75) is 0 Å². The zero-order valence-electron chi connectivity index (χ0n) is 6.00. The highest BCUT2D eigenvalue weighted by Crippen LogP contribution is 0.984. The molecular weight excluding hydrogens is 88.1 g/mol. The fourth-order valence-corrected chi connectivity index (χ4v) is 0. The molecule has 2 heteroatoms. The van der Waals surface area contributed by atoms with E-state index >= 15 is 0 Å². The molecule has 0 amide bonds. The summed E-state index contributed by atoms with van der Waals surface area (Å²) in [4.78, 5) is 0. The number of hydrogen-bond acceptors (Lipinski definition) is 2. The molecule has 0 radical (unpaired) electrons. The van der Waals surface area contributed by atoms with E-state index in [0.29, 0.717) is 0 Å². The van der Waals surface area contributed by atoms with Gasteiger partial charge in [-0.25, -0.2) is 0 Å². The maximum absolute atomic E-state index is 2.75. The van der Waals surface area contributed by atoms with Gasteiger partial charge in [0.2, 0.25) is 0 Å². The lowest BCUT2D eigenvalue weighted by molar-refractivity contribution is 1.02. The highest BCUT2D eigenvalue weighted by molar-refractivity contribution is 3.91. The molecule has 0 aliphatic rings. The second-order valence-electron chi connectivity index (χ2n) is 1.00. The predicted molar refractivity (Wildman–Crippen MR) is 36.4 cm³/mol. The zero-order chi connectivity index (χ0) is 5.41. The van der Waals surface area contributed by atoms with Gasteiger partial charge < -0.3 is 10.6 Å². The van der Waals surface area contributed by atoms with Gasteiger partial charge in [-0.3, -0.25) is 0 Å². The SMILES string of the molecule is CNC.CNC.[CH3+]. The molecule has 0 aromatic heterocycles. The average molecular weight is 105 g/mol. The van der Waals surface area contributed by atoms with E-state index in [1.54, 1.807) is 0 Å². The number of hydrogen-bond donors (Lipinski definition) is 2. The van der Waals surface area contributed by atoms with Gasteiger partial charge in [-0.2, -0.15) is 0 Å². The highest BCUT2D eigenvalue weighted by Gasteiger charge is 1.26. The standard InChI is InChI=1S/2C2H7N.CH3/c2*1-3-2;/h2*3H,1-2H3;1H3/q;;+1. The van der Waals surface area contributed by atoms with E-state index < -0.39 is 0 Å². The van der Waals surface area contributed by atoms with Crippen LogP contribution in [0.25, 0.3) is 0 Å². The van der Waals surface area contributed by atoms with Crippen molar-refractivity contribution in [3.63, 3.8) is 0 Å². The van der Waals surface area contributed by atoms with Gasteiger partial charge in [-0.1, -0.05) is 0 Å². The summed E-state index contributed by atoms with van der Waals surface area (Å²) in [6.07, 6.45) is 0. The van der Waals surface area contributed by atoms with E-state index in [-0.39, 0.29) is 7.43 Å². The molecule has 0 aromatic rings. The summed E-state index contributed by atoms with van der Waals surface area (Å²) in [5, 5.41) is 5.50. The maximum atomic E-state index is 2.75. The van der Waals surface area contributed by atoms with Gasteiger partial charge in [-0.05, 0) is 28.2 Å². The monoisotopic (exact) mass is 105 g/mol. The summed E-state index contributed by atoms with van der Waals surface area (Å²) in [5.74, 6) is 0. The first-order valence-electron chi connectivity index (χ1n) is 2.00. The second kappa shape index (κ2) is 41.5. The van der Waals surface area contributed by atoms with Crippen LogP contribution in [0.1, 0.15) is 0 Å². The van der Waals surface area contributed by atoms with Gasteiger partial charge in [0, 0.05) is 7.43 Å². The van der Waals surface area contributed by atoms with E-state index in [2.05, 4.69) is 10.6 Å². The first kappa shape index (κ1) is 15.8. The Labute approximate surface area is 47.3 Å². The van der Waals surface area contributed by atoms with Crippen molar-refractivity contribution >= 4 is 0 Å². The van der Waals surface area contributed by atoms with E-state index in [4.69, 9.17) is 0 Å². The van der Waals surface area contributed by atoms with Crippen molar-refractivity contribution in [1.82, 2.24) is 10.6 Å². The molecule has 2 nitrogen and oxygen atoms in total. The largest absolute Gasteiger partial charge is 0.323 e. The topological polar surface area (TPSA) is 24.1 Å². The molecule has 46 valence electrons. The molecule has 2 N–H and O–H groups in total. The van der Waals surface area contributed by atoms with Crippen molar-refractivity contribution in [1.29, 1.82) is 0 Å². The Hall–Kier alpha value is -0.210. The third-order valence-electron chi connectivity index (χ3n) is 0. The average Bonchev–Trinajstić information content (AvgIpc) is 1.39. The second-order valence-corrected chi connectivity index (χ2v) is 1.00. The summed E-state index contributed by atoms with van der Waals surface area (Å²) < 4.78 is 0. The summed E-state index contributed by atoms with van der Waals surface area (Å²) in [6, 6.07) is 0. The Bertz CT molecular complexity index is 8.04. The number of nitrogens with one attached hydrogen (secondary N) is 2. The summed E-state index contributed by atoms with van der Waals surface area (Å²) in [7, 11) is 7.50. The van der Waals surface area contributed by atoms with Crippen LogP contribution in [0.4, 0.5) is 0 Å². The molecular formula is C5H17N2+. The van der Waals surface area contributed by atoms with Gasteiger partial charge in [0.05, 0.1) is 0 Å². The van der Waals surface area contributed by atoms with Crippen LogP contribution < -0.4 is 10.6 Å². The normalized spacial score (nSPS) is 5.14. The molecule has 0 saturated carbocycles. The van der Waals surface area contributed by atoms with Crippen LogP contribution >= 0.6 is 0 Å². The lowest BCUT2D eigenvalue weighted by Gasteiger charge is -1.59. The first-order valence-corrected chi connectivity index (χ1v) is 2.00. The lowest BCUT2D eigenvalue weighted by atomic mass is 11.3. The molecule has 0 unspecified atom stereocenters. The van der Waals surface area contributed by atoms with Crippen LogP contribution in [0.5, 0.6) is 0 Å². The highest BCUT2D eigenvalue weighted by atomic mass is 14.7. The Morgan fingerprint density at radius 2 is 0.714 bits per heavy atom. The molecule has 0 rings (SSSR count). The molecule has 0 spiro atoms. The molecule has 0 heterocycles. The Morgan fingerprint density at radius 1 is 0.714 bits per heavy atom. The van der Waals surface area contributed by atoms with Gasteiger partial charge in [0.15, 0.2) is 0 Å². The predicted octanol–water partition coefficient (Wildman–Crippen LogP) is 0.121. The molecule has 0 aliphatic heterocycles. The molecule has 0 atom stereocenters. The van der Waals surface area contributed by atoms with Crippen LogP contribution in [0.3, 0.4) is 0 Å². The molecule has 0 fully saturated rings. The fraction of sp³-hybridized carbons (Fsp3) is 0.800. The van der Waals surface area contributed by atoms with Crippen molar-refractivity contribution < 1.29 is 0 Å².